The molecule has 0 amide bonds. The van der Waals surface area contributed by atoms with Gasteiger partial charge >= 0.3 is 0 Å². The first kappa shape index (κ1) is 15.6. The maximum Gasteiger partial charge on any atom is 0.174 e. The Morgan fingerprint density at radius 2 is 2.19 bits per heavy atom. The quantitative estimate of drug-likeness (QED) is 0.795. The molecule has 1 heterocycles. The Labute approximate surface area is 108 Å². The maximum absolute atomic E-state index is 11.7. The molecule has 0 saturated carbocycles. The summed E-state index contributed by atoms with van der Waals surface area (Å²) in [6.07, 6.45) is 1.70. The Balaban J connectivity index is 0.00000225. The van der Waals surface area contributed by atoms with Crippen molar-refractivity contribution >= 4 is 29.5 Å². The van der Waals surface area contributed by atoms with Crippen LogP contribution >= 0.6 is 23.7 Å². The molecule has 0 aliphatic carbocycles. The number of Topliss-reactive ketones (excluding diaryl/α,β-unsaturated/α-hetero) is 1. The Hall–Kier alpha value is -0.380. The second kappa shape index (κ2) is 7.82. The highest BCUT2D eigenvalue weighted by molar-refractivity contribution is 7.14. The van der Waals surface area contributed by atoms with Gasteiger partial charge in [-0.15, -0.1) is 23.7 Å². The molecule has 1 N–H and O–H groups in total. The van der Waals surface area contributed by atoms with Crippen LogP contribution in [-0.4, -0.2) is 18.4 Å². The largest absolute Gasteiger partial charge is 0.314 e. The number of thiophene rings is 1. The zero-order valence-corrected chi connectivity index (χ0v) is 11.7. The van der Waals surface area contributed by atoms with Gasteiger partial charge in [-0.25, -0.2) is 0 Å². The zero-order valence-electron chi connectivity index (χ0n) is 10.1. The summed E-state index contributed by atoms with van der Waals surface area (Å²) in [7, 11) is 0. The van der Waals surface area contributed by atoms with Gasteiger partial charge in [0.2, 0.25) is 0 Å². The topological polar surface area (TPSA) is 29.1 Å². The smallest absolute Gasteiger partial charge is 0.174 e. The van der Waals surface area contributed by atoms with Crippen molar-refractivity contribution in [1.82, 2.24) is 5.32 Å². The van der Waals surface area contributed by atoms with E-state index in [0.717, 1.165) is 17.8 Å². The van der Waals surface area contributed by atoms with Gasteiger partial charge in [0.25, 0.3) is 0 Å². The molecule has 1 aromatic heterocycles. The number of carbonyl (C=O) groups is 1. The molecule has 0 saturated heterocycles. The van der Waals surface area contributed by atoms with E-state index in [-0.39, 0.29) is 18.2 Å². The standard InChI is InChI=1S/C12H19NOS.ClH/c1-4-9(2)13-8-7-11(14)12-6-5-10(3)15-12;/h5-6,9,13H,4,7-8H2,1-3H3;1H. The van der Waals surface area contributed by atoms with Crippen LogP contribution in [-0.2, 0) is 0 Å². The summed E-state index contributed by atoms with van der Waals surface area (Å²) in [5.41, 5.74) is 0. The highest BCUT2D eigenvalue weighted by Gasteiger charge is 2.08. The van der Waals surface area contributed by atoms with Crippen LogP contribution in [0.25, 0.3) is 0 Å². The van der Waals surface area contributed by atoms with E-state index in [1.54, 1.807) is 11.3 Å². The molecule has 4 heteroatoms. The fraction of sp³-hybridized carbons (Fsp3) is 0.583. The normalized spacial score (nSPS) is 11.9. The second-order valence-corrected chi connectivity index (χ2v) is 5.13. The molecule has 92 valence electrons. The SMILES string of the molecule is CCC(C)NCCC(=O)c1ccc(C)s1.Cl. The average molecular weight is 262 g/mol. The third-order valence-electron chi connectivity index (χ3n) is 2.47. The number of carbonyl (C=O) groups excluding carboxylic acids is 1. The average Bonchev–Trinajstić information content (AvgIpc) is 2.64. The highest BCUT2D eigenvalue weighted by atomic mass is 35.5. The number of halogens is 1. The summed E-state index contributed by atoms with van der Waals surface area (Å²) in [6.45, 7) is 7.09. The molecule has 0 fully saturated rings. The van der Waals surface area contributed by atoms with Crippen LogP contribution in [0.2, 0.25) is 0 Å². The third-order valence-corrected chi connectivity index (χ3v) is 3.51. The van der Waals surface area contributed by atoms with Crippen LogP contribution in [0.1, 0.15) is 41.2 Å². The molecule has 0 radical (unpaired) electrons. The molecule has 16 heavy (non-hydrogen) atoms. The van der Waals surface area contributed by atoms with E-state index in [4.69, 9.17) is 0 Å². The van der Waals surface area contributed by atoms with Crippen molar-refractivity contribution in [3.63, 3.8) is 0 Å². The van der Waals surface area contributed by atoms with Gasteiger partial charge < -0.3 is 5.32 Å². The Morgan fingerprint density at radius 1 is 1.50 bits per heavy atom. The monoisotopic (exact) mass is 261 g/mol. The Morgan fingerprint density at radius 3 is 2.69 bits per heavy atom. The van der Waals surface area contributed by atoms with Crippen molar-refractivity contribution in [2.75, 3.05) is 6.54 Å². The first-order valence-electron chi connectivity index (χ1n) is 5.46. The van der Waals surface area contributed by atoms with E-state index >= 15 is 0 Å². The van der Waals surface area contributed by atoms with Crippen molar-refractivity contribution in [2.24, 2.45) is 0 Å². The van der Waals surface area contributed by atoms with Gasteiger partial charge in [0.1, 0.15) is 0 Å². The minimum Gasteiger partial charge on any atom is -0.314 e. The van der Waals surface area contributed by atoms with Crippen molar-refractivity contribution in [3.8, 4) is 0 Å². The van der Waals surface area contributed by atoms with Crippen LogP contribution in [0.15, 0.2) is 12.1 Å². The van der Waals surface area contributed by atoms with Gasteiger partial charge in [0, 0.05) is 23.9 Å². The lowest BCUT2D eigenvalue weighted by Crippen LogP contribution is -2.27. The number of aryl methyl sites for hydroxylation is 1. The molecule has 0 spiro atoms. The first-order valence-corrected chi connectivity index (χ1v) is 6.28. The van der Waals surface area contributed by atoms with Gasteiger partial charge in [-0.2, -0.15) is 0 Å². The third kappa shape index (κ3) is 5.10. The lowest BCUT2D eigenvalue weighted by molar-refractivity contribution is 0.0985. The number of ketones is 1. The summed E-state index contributed by atoms with van der Waals surface area (Å²) in [4.78, 5) is 13.8. The number of hydrogen-bond donors (Lipinski definition) is 1. The lowest BCUT2D eigenvalue weighted by atomic mass is 10.2. The van der Waals surface area contributed by atoms with Crippen LogP contribution in [0.3, 0.4) is 0 Å². The van der Waals surface area contributed by atoms with Gasteiger partial charge in [-0.1, -0.05) is 6.92 Å². The van der Waals surface area contributed by atoms with Crippen molar-refractivity contribution in [1.29, 1.82) is 0 Å². The fourth-order valence-corrected chi connectivity index (χ4v) is 2.12. The lowest BCUT2D eigenvalue weighted by Gasteiger charge is -2.09. The van der Waals surface area contributed by atoms with Crippen molar-refractivity contribution < 1.29 is 4.79 Å². The number of rotatable bonds is 6. The summed E-state index contributed by atoms with van der Waals surface area (Å²) in [5.74, 6) is 0.254. The van der Waals surface area contributed by atoms with Crippen LogP contribution in [0.5, 0.6) is 0 Å². The van der Waals surface area contributed by atoms with E-state index < -0.39 is 0 Å². The summed E-state index contributed by atoms with van der Waals surface area (Å²) < 4.78 is 0. The molecular formula is C12H20ClNOS. The van der Waals surface area contributed by atoms with E-state index in [0.29, 0.717) is 12.5 Å². The molecule has 0 aliphatic rings. The second-order valence-electron chi connectivity index (χ2n) is 3.85. The van der Waals surface area contributed by atoms with Crippen LogP contribution < -0.4 is 5.32 Å². The zero-order chi connectivity index (χ0) is 11.3. The Bertz CT molecular complexity index is 325. The fourth-order valence-electron chi connectivity index (χ4n) is 1.28. The Kier molecular flexibility index (Phi) is 7.64. The number of hydrogen-bond acceptors (Lipinski definition) is 3. The van der Waals surface area contributed by atoms with Crippen molar-refractivity contribution in [3.05, 3.63) is 21.9 Å². The molecule has 0 bridgehead atoms. The molecule has 1 atom stereocenters. The van der Waals surface area contributed by atoms with Gasteiger partial charge in [0.15, 0.2) is 5.78 Å². The number of nitrogens with one attached hydrogen (secondary N) is 1. The van der Waals surface area contributed by atoms with E-state index in [9.17, 15) is 4.79 Å². The van der Waals surface area contributed by atoms with Gasteiger partial charge in [-0.05, 0) is 32.4 Å². The molecule has 2 nitrogen and oxygen atoms in total. The summed E-state index contributed by atoms with van der Waals surface area (Å²) in [5, 5.41) is 3.32. The molecule has 0 aromatic carbocycles. The van der Waals surface area contributed by atoms with E-state index in [1.807, 2.05) is 19.1 Å². The van der Waals surface area contributed by atoms with Gasteiger partial charge in [-0.3, -0.25) is 4.79 Å². The maximum atomic E-state index is 11.7. The first-order chi connectivity index (χ1) is 7.13. The molecule has 1 unspecified atom stereocenters. The van der Waals surface area contributed by atoms with Crippen LogP contribution in [0, 0.1) is 6.92 Å². The van der Waals surface area contributed by atoms with E-state index in [2.05, 4.69) is 19.2 Å². The molecule has 1 aromatic rings. The minimum absolute atomic E-state index is 0. The predicted molar refractivity (Wildman–Crippen MR) is 73.0 cm³/mol. The van der Waals surface area contributed by atoms with Crippen molar-refractivity contribution in [2.45, 2.75) is 39.7 Å². The highest BCUT2D eigenvalue weighted by Crippen LogP contribution is 2.16. The molecular weight excluding hydrogens is 242 g/mol. The van der Waals surface area contributed by atoms with Crippen LogP contribution in [0.4, 0.5) is 0 Å². The van der Waals surface area contributed by atoms with E-state index in [1.165, 1.54) is 4.88 Å². The summed E-state index contributed by atoms with van der Waals surface area (Å²) in [6, 6.07) is 4.42. The predicted octanol–water partition coefficient (Wildman–Crippen LogP) is 3.44. The molecule has 0 aliphatic heterocycles. The van der Waals surface area contributed by atoms with Gasteiger partial charge in [0.05, 0.1) is 4.88 Å². The molecule has 1 rings (SSSR count). The summed E-state index contributed by atoms with van der Waals surface area (Å²) >= 11 is 1.58. The minimum atomic E-state index is 0.